The van der Waals surface area contributed by atoms with Crippen molar-refractivity contribution in [2.24, 2.45) is 0 Å². The molecule has 0 saturated heterocycles. The van der Waals surface area contributed by atoms with Crippen LogP contribution in [-0.4, -0.2) is 61.4 Å². The summed E-state index contributed by atoms with van der Waals surface area (Å²) in [6.07, 6.45) is 0.533. The lowest BCUT2D eigenvalue weighted by Crippen LogP contribution is -2.52. The molecule has 8 nitrogen and oxygen atoms in total. The van der Waals surface area contributed by atoms with E-state index in [-0.39, 0.29) is 24.1 Å². The zero-order chi connectivity index (χ0) is 22.8. The lowest BCUT2D eigenvalue weighted by molar-refractivity contribution is -0.141. The van der Waals surface area contributed by atoms with Crippen LogP contribution < -0.4 is 14.8 Å². The maximum Gasteiger partial charge on any atom is 0.254 e. The van der Waals surface area contributed by atoms with Gasteiger partial charge in [-0.2, -0.15) is 0 Å². The highest BCUT2D eigenvalue weighted by molar-refractivity contribution is 5.98. The molecule has 0 saturated carbocycles. The quantitative estimate of drug-likeness (QED) is 0.744. The Morgan fingerprint density at radius 3 is 2.38 bits per heavy atom. The van der Waals surface area contributed by atoms with Gasteiger partial charge in [-0.1, -0.05) is 18.2 Å². The van der Waals surface area contributed by atoms with Crippen LogP contribution in [0.25, 0.3) is 0 Å². The van der Waals surface area contributed by atoms with Crippen LogP contribution in [0.4, 0.5) is 0 Å². The predicted octanol–water partition coefficient (Wildman–Crippen LogP) is 1.75. The molecule has 4 rings (SSSR count). The number of ether oxygens (including phenoxy) is 2. The number of nitrogens with zero attached hydrogens (tertiary/aromatic N) is 2. The molecule has 168 valence electrons. The standard InChI is InChI=1S/C24H27N3O5/c1-25-23(29)19-10-16-11-20(31-2)21(32-3)12-17(16)14-27(19)22(28)8-9-26-13-15-6-4-5-7-18(15)24(26)30/h4-7,11-12,19H,8-10,13-14H2,1-3H3,(H,25,29)/t19-/m0/s1. The smallest absolute Gasteiger partial charge is 0.254 e. The minimum Gasteiger partial charge on any atom is -0.493 e. The molecule has 0 unspecified atom stereocenters. The summed E-state index contributed by atoms with van der Waals surface area (Å²) in [5, 5.41) is 2.66. The molecule has 0 aliphatic carbocycles. The maximum atomic E-state index is 13.2. The van der Waals surface area contributed by atoms with Crippen LogP contribution in [0.5, 0.6) is 11.5 Å². The lowest BCUT2D eigenvalue weighted by Gasteiger charge is -2.36. The normalized spacial score (nSPS) is 17.0. The second-order valence-corrected chi connectivity index (χ2v) is 7.97. The van der Waals surface area contributed by atoms with Gasteiger partial charge in [-0.15, -0.1) is 0 Å². The maximum absolute atomic E-state index is 13.2. The summed E-state index contributed by atoms with van der Waals surface area (Å²) >= 11 is 0. The molecule has 2 heterocycles. The molecule has 0 fully saturated rings. The molecule has 2 aliphatic heterocycles. The first-order chi connectivity index (χ1) is 15.5. The van der Waals surface area contributed by atoms with E-state index in [1.54, 1.807) is 31.1 Å². The van der Waals surface area contributed by atoms with Gasteiger partial charge in [-0.25, -0.2) is 0 Å². The van der Waals surface area contributed by atoms with Gasteiger partial charge in [-0.05, 0) is 34.9 Å². The first-order valence-corrected chi connectivity index (χ1v) is 10.6. The summed E-state index contributed by atoms with van der Waals surface area (Å²) in [5.41, 5.74) is 3.53. The van der Waals surface area contributed by atoms with Gasteiger partial charge in [0.15, 0.2) is 11.5 Å². The summed E-state index contributed by atoms with van der Waals surface area (Å²) in [6, 6.07) is 10.6. The Hall–Kier alpha value is -3.55. The van der Waals surface area contributed by atoms with Gasteiger partial charge in [0.1, 0.15) is 6.04 Å². The van der Waals surface area contributed by atoms with Gasteiger partial charge < -0.3 is 24.6 Å². The molecule has 2 aromatic carbocycles. The molecule has 2 aromatic rings. The number of fused-ring (bicyclic) bond motifs is 2. The minimum absolute atomic E-state index is 0.0583. The largest absolute Gasteiger partial charge is 0.493 e. The Labute approximate surface area is 187 Å². The third kappa shape index (κ3) is 3.88. The number of hydrogen-bond acceptors (Lipinski definition) is 5. The lowest BCUT2D eigenvalue weighted by atomic mass is 9.92. The number of carbonyl (C=O) groups excluding carboxylic acids is 3. The summed E-state index contributed by atoms with van der Waals surface area (Å²) in [7, 11) is 4.70. The first kappa shape index (κ1) is 21.7. The van der Waals surface area contributed by atoms with Crippen LogP contribution in [0.15, 0.2) is 36.4 Å². The number of rotatable bonds is 6. The Kier molecular flexibility index (Phi) is 6.03. The van der Waals surface area contributed by atoms with E-state index >= 15 is 0 Å². The van der Waals surface area contributed by atoms with Crippen molar-refractivity contribution < 1.29 is 23.9 Å². The summed E-state index contributed by atoms with van der Waals surface area (Å²) in [5.74, 6) is 0.731. The fraction of sp³-hybridized carbons (Fsp3) is 0.375. The number of hydrogen-bond donors (Lipinski definition) is 1. The molecule has 0 radical (unpaired) electrons. The molecule has 0 bridgehead atoms. The number of likely N-dealkylation sites (N-methyl/N-ethyl adjacent to an activating group) is 1. The van der Waals surface area contributed by atoms with E-state index in [1.807, 2.05) is 36.4 Å². The van der Waals surface area contributed by atoms with Gasteiger partial charge in [0.25, 0.3) is 5.91 Å². The van der Waals surface area contributed by atoms with Gasteiger partial charge in [0.05, 0.1) is 14.2 Å². The van der Waals surface area contributed by atoms with Crippen molar-refractivity contribution in [2.45, 2.75) is 32.0 Å². The van der Waals surface area contributed by atoms with Gasteiger partial charge >= 0.3 is 0 Å². The molecule has 0 spiro atoms. The number of carbonyl (C=O) groups is 3. The summed E-state index contributed by atoms with van der Waals surface area (Å²) < 4.78 is 10.8. The average Bonchev–Trinajstić information content (AvgIpc) is 3.15. The van der Waals surface area contributed by atoms with E-state index in [0.717, 1.165) is 16.7 Å². The Balaban J connectivity index is 1.51. The van der Waals surface area contributed by atoms with E-state index in [4.69, 9.17) is 9.47 Å². The second kappa shape index (κ2) is 8.90. The molecule has 1 N–H and O–H groups in total. The zero-order valence-electron chi connectivity index (χ0n) is 18.5. The van der Waals surface area contributed by atoms with Crippen molar-refractivity contribution in [3.8, 4) is 11.5 Å². The fourth-order valence-electron chi connectivity index (χ4n) is 4.44. The van der Waals surface area contributed by atoms with E-state index in [0.29, 0.717) is 43.1 Å². The van der Waals surface area contributed by atoms with Crippen LogP contribution in [0, 0.1) is 0 Å². The first-order valence-electron chi connectivity index (χ1n) is 10.6. The van der Waals surface area contributed by atoms with Crippen LogP contribution in [0.1, 0.15) is 33.5 Å². The van der Waals surface area contributed by atoms with Crippen LogP contribution in [0.3, 0.4) is 0 Å². The minimum atomic E-state index is -0.621. The molecular formula is C24H27N3O5. The molecule has 2 aliphatic rings. The molecule has 8 heteroatoms. The summed E-state index contributed by atoms with van der Waals surface area (Å²) in [6.45, 7) is 1.10. The Morgan fingerprint density at radius 2 is 1.72 bits per heavy atom. The highest BCUT2D eigenvalue weighted by Crippen LogP contribution is 2.35. The van der Waals surface area contributed by atoms with Gasteiger partial charge in [0, 0.05) is 45.1 Å². The number of methoxy groups -OCH3 is 2. The van der Waals surface area contributed by atoms with E-state index in [2.05, 4.69) is 5.32 Å². The van der Waals surface area contributed by atoms with Gasteiger partial charge in [-0.3, -0.25) is 14.4 Å². The second-order valence-electron chi connectivity index (χ2n) is 7.97. The molecule has 3 amide bonds. The van der Waals surface area contributed by atoms with Crippen molar-refractivity contribution in [1.82, 2.24) is 15.1 Å². The molecular weight excluding hydrogens is 410 g/mol. The topological polar surface area (TPSA) is 88.2 Å². The van der Waals surface area contributed by atoms with E-state index in [1.165, 1.54) is 0 Å². The van der Waals surface area contributed by atoms with Crippen molar-refractivity contribution in [3.05, 3.63) is 58.7 Å². The highest BCUT2D eigenvalue weighted by Gasteiger charge is 2.35. The monoisotopic (exact) mass is 437 g/mol. The third-order valence-corrected chi connectivity index (χ3v) is 6.20. The molecule has 32 heavy (non-hydrogen) atoms. The van der Waals surface area contributed by atoms with Crippen LogP contribution >= 0.6 is 0 Å². The van der Waals surface area contributed by atoms with Gasteiger partial charge in [0.2, 0.25) is 11.8 Å². The number of amides is 3. The van der Waals surface area contributed by atoms with E-state index in [9.17, 15) is 14.4 Å². The average molecular weight is 437 g/mol. The molecule has 1 atom stereocenters. The predicted molar refractivity (Wildman–Crippen MR) is 117 cm³/mol. The Bertz CT molecular complexity index is 1070. The van der Waals surface area contributed by atoms with Crippen LogP contribution in [-0.2, 0) is 29.1 Å². The zero-order valence-corrected chi connectivity index (χ0v) is 18.5. The van der Waals surface area contributed by atoms with Crippen molar-refractivity contribution in [1.29, 1.82) is 0 Å². The molecule has 0 aromatic heterocycles. The van der Waals surface area contributed by atoms with E-state index < -0.39 is 6.04 Å². The van der Waals surface area contributed by atoms with Crippen molar-refractivity contribution in [3.63, 3.8) is 0 Å². The highest BCUT2D eigenvalue weighted by atomic mass is 16.5. The number of benzene rings is 2. The third-order valence-electron chi connectivity index (χ3n) is 6.20. The SMILES string of the molecule is CNC(=O)[C@@H]1Cc2cc(OC)c(OC)cc2CN1C(=O)CCN1Cc2ccccc2C1=O. The van der Waals surface area contributed by atoms with Crippen molar-refractivity contribution >= 4 is 17.7 Å². The Morgan fingerprint density at radius 1 is 1.03 bits per heavy atom. The fourth-order valence-corrected chi connectivity index (χ4v) is 4.44. The van der Waals surface area contributed by atoms with Crippen molar-refractivity contribution in [2.75, 3.05) is 27.8 Å². The van der Waals surface area contributed by atoms with Crippen LogP contribution in [0.2, 0.25) is 0 Å². The number of nitrogens with one attached hydrogen (secondary N) is 1. The summed E-state index contributed by atoms with van der Waals surface area (Å²) in [4.78, 5) is 41.7.